The molecule has 0 aliphatic heterocycles. The molecule has 0 radical (unpaired) electrons. The molecule has 1 aromatic rings. The van der Waals surface area contributed by atoms with Gasteiger partial charge in [0.15, 0.2) is 0 Å². The Balaban J connectivity index is 2.34. The molecule has 5 nitrogen and oxygen atoms in total. The summed E-state index contributed by atoms with van der Waals surface area (Å²) in [5.41, 5.74) is 2.06. The maximum atomic E-state index is 5.91. The van der Waals surface area contributed by atoms with Gasteiger partial charge in [0.25, 0.3) is 0 Å². The van der Waals surface area contributed by atoms with Crippen molar-refractivity contribution >= 4 is 52.6 Å². The summed E-state index contributed by atoms with van der Waals surface area (Å²) in [6.45, 7) is 6.03. The molecule has 0 saturated heterocycles. The lowest BCUT2D eigenvalue weighted by atomic mass is 10.1. The average molecular weight is 485 g/mol. The lowest BCUT2D eigenvalue weighted by Crippen LogP contribution is -2.10. The number of rotatable bonds is 14. The second-order valence-electron chi connectivity index (χ2n) is 5.71. The summed E-state index contributed by atoms with van der Waals surface area (Å²) in [5, 5.41) is 3.75. The number of oxime groups is 1. The van der Waals surface area contributed by atoms with Crippen LogP contribution in [0.2, 0.25) is 0 Å². The highest BCUT2D eigenvalue weighted by Crippen LogP contribution is 2.29. The first-order chi connectivity index (χ1) is 13.9. The van der Waals surface area contributed by atoms with Crippen molar-refractivity contribution in [2.24, 2.45) is 5.16 Å². The fourth-order valence-electron chi connectivity index (χ4n) is 2.25. The van der Waals surface area contributed by atoms with Gasteiger partial charge in [0, 0.05) is 12.6 Å². The van der Waals surface area contributed by atoms with Crippen molar-refractivity contribution in [3.8, 4) is 11.5 Å². The summed E-state index contributed by atoms with van der Waals surface area (Å²) in [6, 6.07) is 3.89. The SMILES string of the molecule is CCc1cc(OCC=C(Cl)Cl)cc(C)c1OCCOCC/C=N/OCC=C(Cl)Cl. The van der Waals surface area contributed by atoms with E-state index < -0.39 is 0 Å². The fourth-order valence-corrected chi connectivity index (χ4v) is 2.51. The molecule has 9 heteroatoms. The molecule has 0 fully saturated rings. The zero-order chi connectivity index (χ0) is 21.5. The minimum Gasteiger partial charge on any atom is -0.491 e. The molecule has 0 unspecified atom stereocenters. The molecule has 162 valence electrons. The van der Waals surface area contributed by atoms with Crippen LogP contribution in [0.5, 0.6) is 11.5 Å². The molecule has 0 saturated carbocycles. The molecule has 0 aromatic heterocycles. The Kier molecular flexibility index (Phi) is 14.0. The minimum absolute atomic E-state index is 0.153. The van der Waals surface area contributed by atoms with Crippen LogP contribution in [0, 0.1) is 6.92 Å². The quantitative estimate of drug-likeness (QED) is 0.175. The normalized spacial score (nSPS) is 10.7. The van der Waals surface area contributed by atoms with Crippen molar-refractivity contribution in [1.29, 1.82) is 0 Å². The molecule has 1 rings (SSSR count). The van der Waals surface area contributed by atoms with Crippen LogP contribution in [0.3, 0.4) is 0 Å². The van der Waals surface area contributed by atoms with E-state index >= 15 is 0 Å². The Morgan fingerprint density at radius 2 is 1.69 bits per heavy atom. The maximum absolute atomic E-state index is 5.91. The van der Waals surface area contributed by atoms with Gasteiger partial charge in [-0.15, -0.1) is 0 Å². The standard InChI is InChI=1S/C20H25Cl4NO4/c1-3-16-14-17(27-9-5-18(21)22)13-15(2)20(16)28-12-11-26-8-4-7-25-29-10-6-19(23)24/h5-7,13-14H,3-4,8-12H2,1-2H3/b25-7+. The van der Waals surface area contributed by atoms with Gasteiger partial charge in [-0.2, -0.15) is 0 Å². The average Bonchev–Trinajstić information content (AvgIpc) is 2.66. The first-order valence-corrected chi connectivity index (χ1v) is 10.6. The van der Waals surface area contributed by atoms with E-state index in [0.29, 0.717) is 32.8 Å². The van der Waals surface area contributed by atoms with Crippen LogP contribution in [0.25, 0.3) is 0 Å². The number of hydrogen-bond acceptors (Lipinski definition) is 5. The Morgan fingerprint density at radius 1 is 0.966 bits per heavy atom. The van der Waals surface area contributed by atoms with E-state index in [4.69, 9.17) is 65.5 Å². The third kappa shape index (κ3) is 12.2. The lowest BCUT2D eigenvalue weighted by Gasteiger charge is -2.15. The second kappa shape index (κ2) is 15.7. The first-order valence-electron chi connectivity index (χ1n) is 9.07. The van der Waals surface area contributed by atoms with Crippen LogP contribution in [0.1, 0.15) is 24.5 Å². The topological polar surface area (TPSA) is 49.3 Å². The third-order valence-corrected chi connectivity index (χ3v) is 4.14. The van der Waals surface area contributed by atoms with Crippen LogP contribution >= 0.6 is 46.4 Å². The van der Waals surface area contributed by atoms with E-state index in [1.165, 1.54) is 6.08 Å². The van der Waals surface area contributed by atoms with E-state index in [-0.39, 0.29) is 15.6 Å². The van der Waals surface area contributed by atoms with Crippen molar-refractivity contribution in [3.05, 3.63) is 44.4 Å². The van der Waals surface area contributed by atoms with Crippen LogP contribution in [-0.2, 0) is 16.0 Å². The van der Waals surface area contributed by atoms with Crippen molar-refractivity contribution in [2.45, 2.75) is 26.7 Å². The maximum Gasteiger partial charge on any atom is 0.138 e. The third-order valence-electron chi connectivity index (χ3n) is 3.52. The second-order valence-corrected chi connectivity index (χ2v) is 7.73. The van der Waals surface area contributed by atoms with Crippen molar-refractivity contribution < 1.29 is 19.0 Å². The number of nitrogens with zero attached hydrogens (tertiary/aromatic N) is 1. The molecule has 0 bridgehead atoms. The van der Waals surface area contributed by atoms with Crippen LogP contribution in [0.4, 0.5) is 0 Å². The highest BCUT2D eigenvalue weighted by molar-refractivity contribution is 6.56. The van der Waals surface area contributed by atoms with Crippen molar-refractivity contribution in [2.75, 3.05) is 33.0 Å². The van der Waals surface area contributed by atoms with E-state index in [2.05, 4.69) is 12.1 Å². The summed E-state index contributed by atoms with van der Waals surface area (Å²) in [4.78, 5) is 4.93. The zero-order valence-corrected chi connectivity index (χ0v) is 19.5. The molecule has 0 spiro atoms. The highest BCUT2D eigenvalue weighted by atomic mass is 35.5. The molecule has 0 aliphatic rings. The van der Waals surface area contributed by atoms with Gasteiger partial charge in [0.1, 0.15) is 40.3 Å². The van der Waals surface area contributed by atoms with Crippen molar-refractivity contribution in [1.82, 2.24) is 0 Å². The summed E-state index contributed by atoms with van der Waals surface area (Å²) in [7, 11) is 0. The highest BCUT2D eigenvalue weighted by Gasteiger charge is 2.09. The number of hydrogen-bond donors (Lipinski definition) is 0. The Labute approximate surface area is 192 Å². The number of benzene rings is 1. The van der Waals surface area contributed by atoms with Gasteiger partial charge in [0.2, 0.25) is 0 Å². The van der Waals surface area contributed by atoms with E-state index in [1.54, 1.807) is 12.3 Å². The lowest BCUT2D eigenvalue weighted by molar-refractivity contribution is 0.104. The van der Waals surface area contributed by atoms with Crippen LogP contribution < -0.4 is 9.47 Å². The van der Waals surface area contributed by atoms with Gasteiger partial charge in [-0.25, -0.2) is 0 Å². The van der Waals surface area contributed by atoms with E-state index in [1.807, 2.05) is 19.1 Å². The summed E-state index contributed by atoms with van der Waals surface area (Å²) >= 11 is 22.1. The van der Waals surface area contributed by atoms with E-state index in [9.17, 15) is 0 Å². The largest absolute Gasteiger partial charge is 0.491 e. The Bertz CT molecular complexity index is 700. The molecule has 0 amide bonds. The van der Waals surface area contributed by atoms with Gasteiger partial charge in [-0.1, -0.05) is 58.5 Å². The van der Waals surface area contributed by atoms with Gasteiger partial charge in [-0.05, 0) is 48.8 Å². The Hall–Kier alpha value is -1.11. The zero-order valence-electron chi connectivity index (χ0n) is 16.4. The smallest absolute Gasteiger partial charge is 0.138 e. The number of aryl methyl sites for hydroxylation is 2. The summed E-state index contributed by atoms with van der Waals surface area (Å²) < 4.78 is 17.4. The van der Waals surface area contributed by atoms with E-state index in [0.717, 1.165) is 29.0 Å². The molecule has 29 heavy (non-hydrogen) atoms. The fraction of sp³-hybridized carbons (Fsp3) is 0.450. The minimum atomic E-state index is 0.153. The molecule has 1 aromatic carbocycles. The molecule has 0 atom stereocenters. The molecule has 0 heterocycles. The predicted octanol–water partition coefficient (Wildman–Crippen LogP) is 6.36. The molecule has 0 N–H and O–H groups in total. The Morgan fingerprint density at radius 3 is 2.38 bits per heavy atom. The monoisotopic (exact) mass is 483 g/mol. The van der Waals surface area contributed by atoms with Crippen molar-refractivity contribution in [3.63, 3.8) is 0 Å². The molecular formula is C20H25Cl4NO4. The molecular weight excluding hydrogens is 460 g/mol. The molecule has 0 aliphatic carbocycles. The van der Waals surface area contributed by atoms with Crippen LogP contribution in [-0.4, -0.2) is 39.2 Å². The van der Waals surface area contributed by atoms with Gasteiger partial charge in [0.05, 0.1) is 13.2 Å². The predicted molar refractivity (Wildman–Crippen MR) is 121 cm³/mol. The number of halogens is 4. The first kappa shape index (κ1) is 25.9. The van der Waals surface area contributed by atoms with Gasteiger partial charge in [-0.3, -0.25) is 0 Å². The van der Waals surface area contributed by atoms with Gasteiger partial charge >= 0.3 is 0 Å². The number of ether oxygens (including phenoxy) is 3. The van der Waals surface area contributed by atoms with Crippen LogP contribution in [0.15, 0.2) is 38.4 Å². The summed E-state index contributed by atoms with van der Waals surface area (Å²) in [5.74, 6) is 1.61. The van der Waals surface area contributed by atoms with Gasteiger partial charge < -0.3 is 19.0 Å². The summed E-state index contributed by atoms with van der Waals surface area (Å²) in [6.07, 6.45) is 6.17.